The molecule has 4 aliphatic rings. The summed E-state index contributed by atoms with van der Waals surface area (Å²) in [6, 6.07) is 5.31. The number of amidine groups is 1. The SMILES string of the molecule is O=C(NC1=NC2=C(CCCC2)C2(CCCCC2)S1)c1ccc2c(c1)OCO2. The van der Waals surface area contributed by atoms with Crippen LogP contribution in [-0.4, -0.2) is 22.6 Å². The Labute approximate surface area is 163 Å². The summed E-state index contributed by atoms with van der Waals surface area (Å²) in [6.07, 6.45) is 11.0. The number of carbonyl (C=O) groups excluding carboxylic acids is 1. The lowest BCUT2D eigenvalue weighted by Crippen LogP contribution is -2.40. The van der Waals surface area contributed by atoms with Crippen LogP contribution in [0.15, 0.2) is 34.5 Å². The zero-order valence-electron chi connectivity index (χ0n) is 15.4. The maximum atomic E-state index is 12.8. The molecule has 6 heteroatoms. The van der Waals surface area contributed by atoms with Gasteiger partial charge in [-0.15, -0.1) is 0 Å². The molecule has 2 aliphatic carbocycles. The van der Waals surface area contributed by atoms with E-state index in [4.69, 9.17) is 14.5 Å². The van der Waals surface area contributed by atoms with E-state index in [9.17, 15) is 4.79 Å². The Morgan fingerprint density at radius 2 is 1.85 bits per heavy atom. The fraction of sp³-hybridized carbons (Fsp3) is 0.524. The van der Waals surface area contributed by atoms with Gasteiger partial charge in [0.15, 0.2) is 16.7 Å². The maximum Gasteiger partial charge on any atom is 0.257 e. The van der Waals surface area contributed by atoms with Crippen LogP contribution >= 0.6 is 11.8 Å². The van der Waals surface area contributed by atoms with Crippen molar-refractivity contribution in [1.82, 2.24) is 5.32 Å². The van der Waals surface area contributed by atoms with Gasteiger partial charge >= 0.3 is 0 Å². The van der Waals surface area contributed by atoms with Gasteiger partial charge in [-0.25, -0.2) is 4.99 Å². The van der Waals surface area contributed by atoms with Crippen molar-refractivity contribution >= 4 is 22.8 Å². The molecule has 1 N–H and O–H groups in total. The molecule has 5 rings (SSSR count). The Bertz CT molecular complexity index is 840. The molecule has 0 aromatic heterocycles. The van der Waals surface area contributed by atoms with Crippen LogP contribution in [-0.2, 0) is 0 Å². The molecule has 0 atom stereocenters. The molecule has 27 heavy (non-hydrogen) atoms. The molecule has 1 aromatic carbocycles. The Morgan fingerprint density at radius 3 is 2.74 bits per heavy atom. The summed E-state index contributed by atoms with van der Waals surface area (Å²) in [4.78, 5) is 17.7. The van der Waals surface area contributed by atoms with E-state index in [1.807, 2.05) is 0 Å². The number of benzene rings is 1. The third-order valence-corrected chi connectivity index (χ3v) is 7.47. The van der Waals surface area contributed by atoms with Gasteiger partial charge in [-0.1, -0.05) is 31.0 Å². The fourth-order valence-corrected chi connectivity index (χ4v) is 6.19. The molecule has 1 amide bonds. The van der Waals surface area contributed by atoms with Gasteiger partial charge < -0.3 is 14.8 Å². The summed E-state index contributed by atoms with van der Waals surface area (Å²) in [6.45, 7) is 0.211. The largest absolute Gasteiger partial charge is 0.454 e. The van der Waals surface area contributed by atoms with Gasteiger partial charge in [0.1, 0.15) is 0 Å². The van der Waals surface area contributed by atoms with Crippen LogP contribution < -0.4 is 14.8 Å². The second-order valence-corrected chi connectivity index (χ2v) is 9.10. The zero-order chi connectivity index (χ0) is 18.3. The molecule has 1 fully saturated rings. The van der Waals surface area contributed by atoms with Crippen molar-refractivity contribution in [1.29, 1.82) is 0 Å². The predicted octanol–water partition coefficient (Wildman–Crippen LogP) is 4.78. The van der Waals surface area contributed by atoms with E-state index < -0.39 is 0 Å². The molecule has 5 nitrogen and oxygen atoms in total. The number of thioether (sulfide) groups is 1. The van der Waals surface area contributed by atoms with Crippen molar-refractivity contribution in [3.63, 3.8) is 0 Å². The molecule has 142 valence electrons. The molecule has 1 saturated carbocycles. The van der Waals surface area contributed by atoms with Crippen molar-refractivity contribution in [3.05, 3.63) is 35.0 Å². The van der Waals surface area contributed by atoms with E-state index >= 15 is 0 Å². The number of allylic oxidation sites excluding steroid dienone is 1. The van der Waals surface area contributed by atoms with Gasteiger partial charge in [0.05, 0.1) is 0 Å². The monoisotopic (exact) mass is 384 g/mol. The van der Waals surface area contributed by atoms with E-state index in [-0.39, 0.29) is 17.4 Å². The topological polar surface area (TPSA) is 59.9 Å². The number of carbonyl (C=O) groups is 1. The molecule has 2 heterocycles. The van der Waals surface area contributed by atoms with Crippen LogP contribution in [0.5, 0.6) is 11.5 Å². The summed E-state index contributed by atoms with van der Waals surface area (Å²) in [5, 5.41) is 3.84. The van der Waals surface area contributed by atoms with Gasteiger partial charge in [0, 0.05) is 16.0 Å². The highest BCUT2D eigenvalue weighted by molar-refractivity contribution is 8.15. The predicted molar refractivity (Wildman–Crippen MR) is 106 cm³/mol. The highest BCUT2D eigenvalue weighted by Crippen LogP contribution is 2.52. The summed E-state index contributed by atoms with van der Waals surface area (Å²) in [5.41, 5.74) is 3.38. The molecule has 0 bridgehead atoms. The minimum Gasteiger partial charge on any atom is -0.454 e. The number of rotatable bonds is 1. The quantitative estimate of drug-likeness (QED) is 0.757. The first-order valence-electron chi connectivity index (χ1n) is 9.95. The maximum absolute atomic E-state index is 12.8. The number of nitrogens with one attached hydrogen (secondary N) is 1. The Hall–Kier alpha value is -1.95. The van der Waals surface area contributed by atoms with Gasteiger partial charge in [-0.3, -0.25) is 4.79 Å². The van der Waals surface area contributed by atoms with E-state index in [1.165, 1.54) is 57.1 Å². The van der Waals surface area contributed by atoms with E-state index in [0.29, 0.717) is 17.1 Å². The first-order chi connectivity index (χ1) is 13.2. The minimum atomic E-state index is -0.134. The number of hydrogen-bond donors (Lipinski definition) is 1. The number of fused-ring (bicyclic) bond motifs is 2. The first-order valence-corrected chi connectivity index (χ1v) is 10.8. The van der Waals surface area contributed by atoms with Gasteiger partial charge in [-0.2, -0.15) is 0 Å². The van der Waals surface area contributed by atoms with E-state index in [2.05, 4.69) is 5.32 Å². The van der Waals surface area contributed by atoms with Crippen LogP contribution in [0.1, 0.15) is 68.1 Å². The minimum absolute atomic E-state index is 0.134. The van der Waals surface area contributed by atoms with Crippen LogP contribution in [0.3, 0.4) is 0 Å². The van der Waals surface area contributed by atoms with Crippen molar-refractivity contribution in [2.24, 2.45) is 4.99 Å². The number of aliphatic imine (C=N–C) groups is 1. The van der Waals surface area contributed by atoms with Gasteiger partial charge in [-0.05, 0) is 62.3 Å². The molecular weight excluding hydrogens is 360 g/mol. The summed E-state index contributed by atoms with van der Waals surface area (Å²) < 4.78 is 10.9. The Balaban J connectivity index is 1.40. The Morgan fingerprint density at radius 1 is 1.04 bits per heavy atom. The Kier molecular flexibility index (Phi) is 4.38. The number of ether oxygens (including phenoxy) is 2. The van der Waals surface area contributed by atoms with Crippen molar-refractivity contribution in [2.45, 2.75) is 62.5 Å². The summed E-state index contributed by atoms with van der Waals surface area (Å²) >= 11 is 1.79. The molecule has 2 aliphatic heterocycles. The molecule has 1 spiro atoms. The molecule has 0 saturated heterocycles. The summed E-state index contributed by atoms with van der Waals surface area (Å²) in [7, 11) is 0. The van der Waals surface area contributed by atoms with E-state index in [1.54, 1.807) is 35.5 Å². The fourth-order valence-electron chi connectivity index (χ4n) is 4.68. The highest BCUT2D eigenvalue weighted by Gasteiger charge is 2.42. The summed E-state index contributed by atoms with van der Waals surface area (Å²) in [5.74, 6) is 1.18. The van der Waals surface area contributed by atoms with Crippen molar-refractivity contribution < 1.29 is 14.3 Å². The highest BCUT2D eigenvalue weighted by atomic mass is 32.2. The second kappa shape index (κ2) is 6.89. The first kappa shape index (κ1) is 17.2. The molecular formula is C21H24N2O3S. The normalized spacial score (nSPS) is 23.0. The third-order valence-electron chi connectivity index (χ3n) is 6.03. The smallest absolute Gasteiger partial charge is 0.257 e. The van der Waals surface area contributed by atoms with Gasteiger partial charge in [0.2, 0.25) is 6.79 Å². The van der Waals surface area contributed by atoms with Crippen LogP contribution in [0.4, 0.5) is 0 Å². The molecule has 0 radical (unpaired) electrons. The third kappa shape index (κ3) is 3.14. The van der Waals surface area contributed by atoms with Crippen LogP contribution in [0.2, 0.25) is 0 Å². The average molecular weight is 385 g/mol. The number of nitrogens with zero attached hydrogens (tertiary/aromatic N) is 1. The van der Waals surface area contributed by atoms with Crippen molar-refractivity contribution in [3.8, 4) is 11.5 Å². The lowest BCUT2D eigenvalue weighted by Gasteiger charge is -2.43. The van der Waals surface area contributed by atoms with Crippen molar-refractivity contribution in [2.75, 3.05) is 6.79 Å². The number of amides is 1. The van der Waals surface area contributed by atoms with Gasteiger partial charge in [0.25, 0.3) is 5.91 Å². The lowest BCUT2D eigenvalue weighted by molar-refractivity contribution is 0.0977. The average Bonchev–Trinajstić information content (AvgIpc) is 3.16. The van der Waals surface area contributed by atoms with Crippen LogP contribution in [0, 0.1) is 0 Å². The lowest BCUT2D eigenvalue weighted by atomic mass is 9.77. The molecule has 0 unspecified atom stereocenters. The number of hydrogen-bond acceptors (Lipinski definition) is 5. The molecule has 1 aromatic rings. The van der Waals surface area contributed by atoms with E-state index in [0.717, 1.165) is 11.6 Å². The van der Waals surface area contributed by atoms with Crippen LogP contribution in [0.25, 0.3) is 0 Å². The second-order valence-electron chi connectivity index (χ2n) is 7.73. The zero-order valence-corrected chi connectivity index (χ0v) is 16.2. The standard InChI is InChI=1S/C21H24N2O3S/c24-19(14-8-9-17-18(12-14)26-13-25-17)23-20-22-16-7-3-2-6-15(16)21(27-20)10-4-1-5-11-21/h8-9,12H,1-7,10-11,13H2,(H,22,23,24).